The molecule has 1 N–H and O–H groups in total. The molecule has 13 nitrogen and oxygen atoms in total. The first-order valence-electron chi connectivity index (χ1n) is 13.7. The van der Waals surface area contributed by atoms with Crippen molar-refractivity contribution >= 4 is 21.9 Å². The third kappa shape index (κ3) is 8.71. The summed E-state index contributed by atoms with van der Waals surface area (Å²) < 4.78 is 74.6. The standard InChI is InChI=1S/C28H33F3N6O7S/c1-6-19(4)26(35(5)37(40)34-44-17-43-25(38)7-2)27(39)33-45(41,42)22-14-12-21(13-15-22)36-23(16-24(32-36)28(29,30)31)20-10-8-18(3)9-11-20/h8-16,19,26H,6-7,17H2,1-5H3,(H,33,39)/b37-34-/t19-,26+/m1/s1. The number of hydrogen-bond acceptors (Lipinski definition) is 9. The van der Waals surface area contributed by atoms with E-state index >= 15 is 0 Å². The van der Waals surface area contributed by atoms with Crippen molar-refractivity contribution in [1.82, 2.24) is 19.5 Å². The number of halogens is 3. The van der Waals surface area contributed by atoms with E-state index in [0.717, 1.165) is 33.5 Å². The zero-order valence-corrected chi connectivity index (χ0v) is 25.9. The van der Waals surface area contributed by atoms with Gasteiger partial charge >= 0.3 is 12.1 Å². The van der Waals surface area contributed by atoms with Crippen LogP contribution in [0.4, 0.5) is 13.2 Å². The fraction of sp³-hybridized carbons (Fsp3) is 0.393. The van der Waals surface area contributed by atoms with Crippen LogP contribution in [0, 0.1) is 18.0 Å². The van der Waals surface area contributed by atoms with Crippen molar-refractivity contribution in [2.24, 2.45) is 11.2 Å². The number of sulfonamides is 1. The van der Waals surface area contributed by atoms with Crippen molar-refractivity contribution in [3.05, 3.63) is 71.1 Å². The molecule has 0 spiro atoms. The van der Waals surface area contributed by atoms with Gasteiger partial charge in [-0.05, 0) is 43.2 Å². The Morgan fingerprint density at radius 1 is 1.13 bits per heavy atom. The Morgan fingerprint density at radius 2 is 1.76 bits per heavy atom. The van der Waals surface area contributed by atoms with Gasteiger partial charge in [0.2, 0.25) is 5.28 Å². The average molecular weight is 655 g/mol. The number of likely N-dealkylation sites (N-methyl/N-ethyl adjacent to an activating group) is 1. The van der Waals surface area contributed by atoms with Gasteiger partial charge in [-0.25, -0.2) is 17.8 Å². The molecule has 45 heavy (non-hydrogen) atoms. The molecule has 0 aliphatic carbocycles. The summed E-state index contributed by atoms with van der Waals surface area (Å²) in [7, 11) is -3.30. The lowest BCUT2D eigenvalue weighted by Crippen LogP contribution is -2.52. The van der Waals surface area contributed by atoms with Crippen molar-refractivity contribution in [2.75, 3.05) is 13.8 Å². The number of amides is 1. The van der Waals surface area contributed by atoms with Crippen LogP contribution in [-0.2, 0) is 35.4 Å². The number of ether oxygens (including phenoxy) is 1. The number of carbonyl (C=O) groups is 2. The summed E-state index contributed by atoms with van der Waals surface area (Å²) in [5.41, 5.74) is 0.496. The summed E-state index contributed by atoms with van der Waals surface area (Å²) in [6.45, 7) is 6.08. The molecule has 0 radical (unpaired) electrons. The van der Waals surface area contributed by atoms with Crippen LogP contribution in [-0.4, -0.2) is 59.9 Å². The molecule has 2 atom stereocenters. The van der Waals surface area contributed by atoms with Crippen LogP contribution >= 0.6 is 0 Å². The number of nitrogens with one attached hydrogen (secondary N) is 1. The number of carbonyl (C=O) groups excluding carboxylic acids is 2. The SMILES string of the molecule is CCC(=O)OCO/N=[N+](\[O-])N(C)[C@H](C(=O)NS(=O)(=O)c1ccc(-n2nc(C(F)(F)F)cc2-c2ccc(C)cc2)cc1)[C@H](C)CC. The molecule has 0 aliphatic heterocycles. The Kier molecular flexibility index (Phi) is 11.1. The molecule has 1 heterocycles. The van der Waals surface area contributed by atoms with Gasteiger partial charge in [0.15, 0.2) is 11.7 Å². The van der Waals surface area contributed by atoms with Gasteiger partial charge in [0.1, 0.15) is 0 Å². The second-order valence-electron chi connectivity index (χ2n) is 10.0. The highest BCUT2D eigenvalue weighted by molar-refractivity contribution is 7.90. The molecular weight excluding hydrogens is 621 g/mol. The predicted octanol–water partition coefficient (Wildman–Crippen LogP) is 4.74. The Balaban J connectivity index is 1.85. The largest absolute Gasteiger partial charge is 0.569 e. The summed E-state index contributed by atoms with van der Waals surface area (Å²) in [5, 5.41) is 20.2. The van der Waals surface area contributed by atoms with Crippen molar-refractivity contribution in [3.63, 3.8) is 0 Å². The minimum absolute atomic E-state index is 0.0779. The molecule has 0 bridgehead atoms. The second-order valence-corrected chi connectivity index (χ2v) is 11.7. The predicted molar refractivity (Wildman–Crippen MR) is 153 cm³/mol. The van der Waals surface area contributed by atoms with E-state index in [2.05, 4.69) is 20.0 Å². The van der Waals surface area contributed by atoms with E-state index < -0.39 is 52.5 Å². The summed E-state index contributed by atoms with van der Waals surface area (Å²) in [4.78, 5) is 28.6. The van der Waals surface area contributed by atoms with Gasteiger partial charge in [-0.15, -0.1) is 5.01 Å². The molecule has 17 heteroatoms. The zero-order chi connectivity index (χ0) is 33.5. The van der Waals surface area contributed by atoms with E-state index in [1.54, 1.807) is 45.0 Å². The van der Waals surface area contributed by atoms with Gasteiger partial charge in [0.05, 0.1) is 28.3 Å². The van der Waals surface area contributed by atoms with Gasteiger partial charge in [-0.3, -0.25) is 9.59 Å². The van der Waals surface area contributed by atoms with Crippen molar-refractivity contribution in [3.8, 4) is 16.9 Å². The number of benzene rings is 2. The highest BCUT2D eigenvalue weighted by Gasteiger charge is 2.37. The maximum absolute atomic E-state index is 13.5. The molecule has 244 valence electrons. The summed E-state index contributed by atoms with van der Waals surface area (Å²) in [5.74, 6) is -2.18. The fourth-order valence-corrected chi connectivity index (χ4v) is 5.11. The number of esters is 1. The van der Waals surface area contributed by atoms with Crippen LogP contribution in [0.3, 0.4) is 0 Å². The molecule has 1 amide bonds. The van der Waals surface area contributed by atoms with E-state index in [4.69, 9.17) is 0 Å². The molecular formula is C28H33F3N6O7S. The molecule has 2 aromatic carbocycles. The first kappa shape index (κ1) is 34.8. The third-order valence-electron chi connectivity index (χ3n) is 6.79. The first-order chi connectivity index (χ1) is 21.1. The molecule has 3 aromatic rings. The molecule has 0 aliphatic rings. The minimum atomic E-state index is -4.72. The summed E-state index contributed by atoms with van der Waals surface area (Å²) in [6.07, 6.45) is -4.28. The van der Waals surface area contributed by atoms with Crippen LogP contribution in [0.25, 0.3) is 16.9 Å². The van der Waals surface area contributed by atoms with E-state index in [0.29, 0.717) is 12.0 Å². The molecule has 0 saturated carbocycles. The normalized spacial score (nSPS) is 13.6. The number of nitrogens with zero attached hydrogens (tertiary/aromatic N) is 5. The molecule has 0 fully saturated rings. The number of aromatic nitrogens is 2. The quantitative estimate of drug-likeness (QED) is 0.0686. The van der Waals surface area contributed by atoms with Crippen LogP contribution in [0.2, 0.25) is 0 Å². The maximum atomic E-state index is 13.5. The minimum Gasteiger partial charge on any atom is -0.569 e. The number of alkyl halides is 3. The van der Waals surface area contributed by atoms with E-state index in [-0.39, 0.29) is 27.7 Å². The first-order valence-corrected chi connectivity index (χ1v) is 15.2. The number of rotatable bonds is 13. The smallest absolute Gasteiger partial charge is 0.435 e. The average Bonchev–Trinajstić information content (AvgIpc) is 3.45. The molecule has 0 saturated heterocycles. The van der Waals surface area contributed by atoms with Gasteiger partial charge in [0.25, 0.3) is 22.7 Å². The monoisotopic (exact) mass is 654 g/mol. The van der Waals surface area contributed by atoms with E-state index in [1.807, 2.05) is 11.6 Å². The molecule has 3 rings (SSSR count). The molecule has 0 unspecified atom stereocenters. The number of hydrazine groups is 1. The lowest BCUT2D eigenvalue weighted by Gasteiger charge is -2.27. The maximum Gasteiger partial charge on any atom is 0.435 e. The van der Waals surface area contributed by atoms with Crippen molar-refractivity contribution in [1.29, 1.82) is 0 Å². The Hall–Kier alpha value is -4.67. The van der Waals surface area contributed by atoms with Gasteiger partial charge in [-0.1, -0.05) is 57.0 Å². The van der Waals surface area contributed by atoms with Crippen LogP contribution in [0.5, 0.6) is 0 Å². The van der Waals surface area contributed by atoms with Crippen molar-refractivity contribution in [2.45, 2.75) is 57.7 Å². The van der Waals surface area contributed by atoms with Gasteiger partial charge in [-0.2, -0.15) is 18.3 Å². The Bertz CT molecular complexity index is 1630. The lowest BCUT2D eigenvalue weighted by molar-refractivity contribution is -0.712. The Labute approximate surface area is 257 Å². The van der Waals surface area contributed by atoms with Crippen LogP contribution in [0.15, 0.2) is 64.8 Å². The summed E-state index contributed by atoms with van der Waals surface area (Å²) in [6, 6.07) is 11.1. The van der Waals surface area contributed by atoms with Crippen LogP contribution in [0.1, 0.15) is 44.9 Å². The second kappa shape index (κ2) is 14.4. The van der Waals surface area contributed by atoms with Gasteiger partial charge in [0, 0.05) is 12.0 Å². The molecule has 1 aromatic heterocycles. The van der Waals surface area contributed by atoms with Crippen LogP contribution < -0.4 is 4.72 Å². The van der Waals surface area contributed by atoms with E-state index in [1.165, 1.54) is 19.2 Å². The zero-order valence-electron chi connectivity index (χ0n) is 25.1. The van der Waals surface area contributed by atoms with E-state index in [9.17, 15) is 36.4 Å². The highest BCUT2D eigenvalue weighted by Crippen LogP contribution is 2.33. The van der Waals surface area contributed by atoms with Gasteiger partial charge < -0.3 is 14.8 Å². The topological polar surface area (TPSA) is 158 Å². The van der Waals surface area contributed by atoms with Crippen molar-refractivity contribution < 1.29 is 45.7 Å². The number of hydrogen-bond donors (Lipinski definition) is 1. The highest BCUT2D eigenvalue weighted by atomic mass is 32.2. The fourth-order valence-electron chi connectivity index (χ4n) is 4.12. The lowest BCUT2D eigenvalue weighted by atomic mass is 9.98. The Morgan fingerprint density at radius 3 is 2.31 bits per heavy atom. The third-order valence-corrected chi connectivity index (χ3v) is 8.15. The number of aryl methyl sites for hydroxylation is 1. The summed E-state index contributed by atoms with van der Waals surface area (Å²) >= 11 is 0.